The highest BCUT2D eigenvalue weighted by atomic mass is 16.5. The van der Waals surface area contributed by atoms with E-state index >= 15 is 0 Å². The number of furan rings is 1. The first kappa shape index (κ1) is 14.9. The molecule has 0 aliphatic rings. The lowest BCUT2D eigenvalue weighted by Gasteiger charge is -2.07. The molecule has 3 heteroatoms. The predicted molar refractivity (Wildman–Crippen MR) is 83.6 cm³/mol. The third-order valence-corrected chi connectivity index (χ3v) is 3.52. The first-order chi connectivity index (χ1) is 9.58. The third-order valence-electron chi connectivity index (χ3n) is 3.52. The van der Waals surface area contributed by atoms with Crippen LogP contribution in [0.2, 0.25) is 0 Å². The van der Waals surface area contributed by atoms with Gasteiger partial charge in [0.05, 0.1) is 13.7 Å². The molecular formula is C17H25NO2. The van der Waals surface area contributed by atoms with E-state index in [1.54, 1.807) is 7.11 Å². The quantitative estimate of drug-likeness (QED) is 0.795. The Hall–Kier alpha value is -1.48. The number of aryl methyl sites for hydroxylation is 1. The normalized spacial score (nSPS) is 11.5. The number of rotatable bonds is 6. The molecule has 0 amide bonds. The number of nitrogens with one attached hydrogen (secondary N) is 1. The Morgan fingerprint density at radius 1 is 1.30 bits per heavy atom. The summed E-state index contributed by atoms with van der Waals surface area (Å²) in [4.78, 5) is 0. The highest BCUT2D eigenvalue weighted by Gasteiger charge is 2.19. The summed E-state index contributed by atoms with van der Waals surface area (Å²) in [5.74, 6) is 2.29. The van der Waals surface area contributed by atoms with Crippen LogP contribution in [0.5, 0.6) is 5.75 Å². The monoisotopic (exact) mass is 275 g/mol. The van der Waals surface area contributed by atoms with Gasteiger partial charge in [0, 0.05) is 10.9 Å². The lowest BCUT2D eigenvalue weighted by atomic mass is 9.98. The first-order valence-corrected chi connectivity index (χ1v) is 7.39. The predicted octanol–water partition coefficient (Wildman–Crippen LogP) is 4.37. The Bertz CT molecular complexity index is 584. The SMILES string of the molecule is CCCNCc1oc2c(OC)cc(C)cc2c1C(C)C. The zero-order valence-electron chi connectivity index (χ0n) is 13.2. The standard InChI is InChI=1S/C17H25NO2/c1-6-7-18-10-15-16(11(2)3)13-8-12(4)9-14(19-5)17(13)20-15/h8-9,11,18H,6-7,10H2,1-5H3. The van der Waals surface area contributed by atoms with Crippen molar-refractivity contribution in [3.63, 3.8) is 0 Å². The number of fused-ring (bicyclic) bond motifs is 1. The van der Waals surface area contributed by atoms with Crippen molar-refractivity contribution in [2.45, 2.75) is 46.6 Å². The van der Waals surface area contributed by atoms with Crippen LogP contribution < -0.4 is 10.1 Å². The summed E-state index contributed by atoms with van der Waals surface area (Å²) < 4.78 is 11.6. The Labute approximate surface area is 121 Å². The van der Waals surface area contributed by atoms with E-state index in [1.807, 2.05) is 6.07 Å². The largest absolute Gasteiger partial charge is 0.493 e. The second kappa shape index (κ2) is 6.31. The molecule has 2 rings (SSSR count). The summed E-state index contributed by atoms with van der Waals surface area (Å²) in [7, 11) is 1.70. The van der Waals surface area contributed by atoms with Crippen molar-refractivity contribution in [3.05, 3.63) is 29.0 Å². The first-order valence-electron chi connectivity index (χ1n) is 7.39. The minimum Gasteiger partial charge on any atom is -0.493 e. The van der Waals surface area contributed by atoms with Gasteiger partial charge in [-0.1, -0.05) is 20.8 Å². The van der Waals surface area contributed by atoms with Crippen LogP contribution in [-0.2, 0) is 6.54 Å². The van der Waals surface area contributed by atoms with Crippen LogP contribution in [0, 0.1) is 6.92 Å². The molecule has 20 heavy (non-hydrogen) atoms. The molecule has 0 atom stereocenters. The van der Waals surface area contributed by atoms with Crippen molar-refractivity contribution in [2.75, 3.05) is 13.7 Å². The van der Waals surface area contributed by atoms with E-state index in [4.69, 9.17) is 9.15 Å². The van der Waals surface area contributed by atoms with Gasteiger partial charge < -0.3 is 14.5 Å². The highest BCUT2D eigenvalue weighted by Crippen LogP contribution is 2.37. The second-order valence-electron chi connectivity index (χ2n) is 5.61. The number of hydrogen-bond donors (Lipinski definition) is 1. The van der Waals surface area contributed by atoms with Crippen LogP contribution in [0.1, 0.15) is 50.0 Å². The van der Waals surface area contributed by atoms with Gasteiger partial charge in [0.2, 0.25) is 0 Å². The van der Waals surface area contributed by atoms with Crippen molar-refractivity contribution in [2.24, 2.45) is 0 Å². The van der Waals surface area contributed by atoms with Crippen molar-refractivity contribution in [1.29, 1.82) is 0 Å². The maximum absolute atomic E-state index is 6.10. The van der Waals surface area contributed by atoms with E-state index in [9.17, 15) is 0 Å². The number of hydrogen-bond acceptors (Lipinski definition) is 3. The van der Waals surface area contributed by atoms with Crippen LogP contribution in [0.4, 0.5) is 0 Å². The lowest BCUT2D eigenvalue weighted by Crippen LogP contribution is -2.14. The Morgan fingerprint density at radius 3 is 2.65 bits per heavy atom. The Kier molecular flexibility index (Phi) is 4.71. The molecule has 0 saturated carbocycles. The maximum atomic E-state index is 6.10. The lowest BCUT2D eigenvalue weighted by molar-refractivity contribution is 0.405. The van der Waals surface area contributed by atoms with Crippen molar-refractivity contribution < 1.29 is 9.15 Å². The Morgan fingerprint density at radius 2 is 2.05 bits per heavy atom. The minimum absolute atomic E-state index is 0.432. The summed E-state index contributed by atoms with van der Waals surface area (Å²) in [6.45, 7) is 10.5. The molecule has 0 aliphatic heterocycles. The fraction of sp³-hybridized carbons (Fsp3) is 0.529. The molecule has 0 radical (unpaired) electrons. The minimum atomic E-state index is 0.432. The molecular weight excluding hydrogens is 250 g/mol. The molecule has 110 valence electrons. The van der Waals surface area contributed by atoms with Crippen molar-refractivity contribution in [1.82, 2.24) is 5.32 Å². The van der Waals surface area contributed by atoms with Gasteiger partial charge in [-0.2, -0.15) is 0 Å². The molecule has 0 unspecified atom stereocenters. The van der Waals surface area contributed by atoms with E-state index in [1.165, 1.54) is 16.5 Å². The average Bonchev–Trinajstić information content (AvgIpc) is 2.76. The summed E-state index contributed by atoms with van der Waals surface area (Å²) >= 11 is 0. The van der Waals surface area contributed by atoms with E-state index in [0.717, 1.165) is 36.6 Å². The molecule has 0 bridgehead atoms. The molecule has 0 fully saturated rings. The van der Waals surface area contributed by atoms with Gasteiger partial charge in [-0.15, -0.1) is 0 Å². The van der Waals surface area contributed by atoms with E-state index < -0.39 is 0 Å². The van der Waals surface area contributed by atoms with Crippen LogP contribution >= 0.6 is 0 Å². The molecule has 0 aliphatic carbocycles. The van der Waals surface area contributed by atoms with Gasteiger partial charge >= 0.3 is 0 Å². The average molecular weight is 275 g/mol. The maximum Gasteiger partial charge on any atom is 0.176 e. The van der Waals surface area contributed by atoms with Crippen LogP contribution in [-0.4, -0.2) is 13.7 Å². The van der Waals surface area contributed by atoms with E-state index in [-0.39, 0.29) is 0 Å². The number of ether oxygens (including phenoxy) is 1. The van der Waals surface area contributed by atoms with E-state index in [2.05, 4.69) is 39.1 Å². The molecule has 2 aromatic rings. The van der Waals surface area contributed by atoms with Gasteiger partial charge in [-0.05, 0) is 43.5 Å². The molecule has 0 spiro atoms. The fourth-order valence-electron chi connectivity index (χ4n) is 2.67. The topological polar surface area (TPSA) is 34.4 Å². The molecule has 1 aromatic carbocycles. The molecule has 0 saturated heterocycles. The zero-order chi connectivity index (χ0) is 14.7. The summed E-state index contributed by atoms with van der Waals surface area (Å²) in [6, 6.07) is 4.22. The van der Waals surface area contributed by atoms with Gasteiger partial charge in [0.15, 0.2) is 11.3 Å². The van der Waals surface area contributed by atoms with Gasteiger partial charge in [0.1, 0.15) is 5.76 Å². The van der Waals surface area contributed by atoms with Crippen molar-refractivity contribution in [3.8, 4) is 5.75 Å². The van der Waals surface area contributed by atoms with E-state index in [0.29, 0.717) is 5.92 Å². The number of methoxy groups -OCH3 is 1. The molecule has 3 nitrogen and oxygen atoms in total. The van der Waals surface area contributed by atoms with Gasteiger partial charge in [-0.3, -0.25) is 0 Å². The third kappa shape index (κ3) is 2.83. The van der Waals surface area contributed by atoms with Crippen LogP contribution in [0.15, 0.2) is 16.5 Å². The fourth-order valence-corrected chi connectivity index (χ4v) is 2.67. The van der Waals surface area contributed by atoms with Crippen LogP contribution in [0.25, 0.3) is 11.0 Å². The summed E-state index contributed by atoms with van der Waals surface area (Å²) in [6.07, 6.45) is 1.12. The zero-order valence-corrected chi connectivity index (χ0v) is 13.2. The number of benzene rings is 1. The molecule has 1 heterocycles. The van der Waals surface area contributed by atoms with Gasteiger partial charge in [-0.25, -0.2) is 0 Å². The summed E-state index contributed by atoms with van der Waals surface area (Å²) in [5, 5.41) is 4.61. The second-order valence-corrected chi connectivity index (χ2v) is 5.61. The van der Waals surface area contributed by atoms with Crippen LogP contribution in [0.3, 0.4) is 0 Å². The van der Waals surface area contributed by atoms with Crippen molar-refractivity contribution >= 4 is 11.0 Å². The molecule has 1 aromatic heterocycles. The van der Waals surface area contributed by atoms with Gasteiger partial charge in [0.25, 0.3) is 0 Å². The Balaban J connectivity index is 2.54. The summed E-state index contributed by atoms with van der Waals surface area (Å²) in [5.41, 5.74) is 3.37. The smallest absolute Gasteiger partial charge is 0.176 e. The highest BCUT2D eigenvalue weighted by molar-refractivity contribution is 5.88. The molecule has 1 N–H and O–H groups in total.